The van der Waals surface area contributed by atoms with Crippen molar-refractivity contribution in [3.05, 3.63) is 18.1 Å². The van der Waals surface area contributed by atoms with Gasteiger partial charge in [-0.05, 0) is 25.7 Å². The van der Waals surface area contributed by atoms with Crippen LogP contribution in [0.25, 0.3) is 0 Å². The van der Waals surface area contributed by atoms with Gasteiger partial charge in [0.15, 0.2) is 5.69 Å². The van der Waals surface area contributed by atoms with Crippen molar-refractivity contribution in [2.45, 2.75) is 32.2 Å². The zero-order chi connectivity index (χ0) is 12.3. The first kappa shape index (κ1) is 11.8. The Morgan fingerprint density at radius 2 is 2.29 bits per heavy atom. The van der Waals surface area contributed by atoms with E-state index in [9.17, 15) is 4.79 Å². The molecule has 0 radical (unpaired) electrons. The molecule has 0 aromatic carbocycles. The second-order valence-electron chi connectivity index (χ2n) is 4.41. The van der Waals surface area contributed by atoms with Gasteiger partial charge in [-0.15, -0.1) is 0 Å². The molecule has 0 spiro atoms. The Kier molecular flexibility index (Phi) is 3.56. The van der Waals surface area contributed by atoms with E-state index in [1.54, 1.807) is 6.20 Å². The standard InChI is InChI=1S/C12H17N3O2/c1-8(9-4-3-5-9)14-11-7-13-6-10(15-11)12(16)17-2/h6-9H,3-5H2,1-2H3,(H,14,15). The number of methoxy groups -OCH3 is 1. The lowest BCUT2D eigenvalue weighted by Crippen LogP contribution is -2.31. The maximum atomic E-state index is 11.3. The zero-order valence-corrected chi connectivity index (χ0v) is 10.1. The molecule has 1 fully saturated rings. The molecule has 5 heteroatoms. The summed E-state index contributed by atoms with van der Waals surface area (Å²) in [5.41, 5.74) is 0.235. The van der Waals surface area contributed by atoms with E-state index < -0.39 is 5.97 Å². The van der Waals surface area contributed by atoms with Crippen molar-refractivity contribution >= 4 is 11.8 Å². The van der Waals surface area contributed by atoms with E-state index in [4.69, 9.17) is 0 Å². The molecule has 1 saturated carbocycles. The molecule has 92 valence electrons. The summed E-state index contributed by atoms with van der Waals surface area (Å²) in [5.74, 6) is 0.878. The topological polar surface area (TPSA) is 64.1 Å². The fourth-order valence-corrected chi connectivity index (χ4v) is 1.93. The molecule has 1 atom stereocenters. The quantitative estimate of drug-likeness (QED) is 0.807. The lowest BCUT2D eigenvalue weighted by Gasteiger charge is -2.32. The highest BCUT2D eigenvalue weighted by Crippen LogP contribution is 2.30. The van der Waals surface area contributed by atoms with Crippen molar-refractivity contribution < 1.29 is 9.53 Å². The number of hydrogen-bond donors (Lipinski definition) is 1. The van der Waals surface area contributed by atoms with Crippen LogP contribution in [0.1, 0.15) is 36.7 Å². The van der Waals surface area contributed by atoms with Crippen molar-refractivity contribution in [2.75, 3.05) is 12.4 Å². The van der Waals surface area contributed by atoms with E-state index in [2.05, 4.69) is 26.9 Å². The SMILES string of the molecule is COC(=O)c1cncc(NC(C)C2CCC2)n1. The second kappa shape index (κ2) is 5.12. The molecule has 17 heavy (non-hydrogen) atoms. The maximum Gasteiger partial charge on any atom is 0.358 e. The molecular weight excluding hydrogens is 218 g/mol. The Morgan fingerprint density at radius 3 is 2.88 bits per heavy atom. The van der Waals surface area contributed by atoms with E-state index in [-0.39, 0.29) is 5.69 Å². The lowest BCUT2D eigenvalue weighted by molar-refractivity contribution is 0.0593. The van der Waals surface area contributed by atoms with E-state index in [0.717, 1.165) is 0 Å². The molecule has 1 aliphatic rings. The number of carbonyl (C=O) groups is 1. The average molecular weight is 235 g/mol. The van der Waals surface area contributed by atoms with Gasteiger partial charge in [0.05, 0.1) is 19.5 Å². The number of rotatable bonds is 4. The third kappa shape index (κ3) is 2.72. The molecule has 0 aliphatic heterocycles. The number of hydrogen-bond acceptors (Lipinski definition) is 5. The van der Waals surface area contributed by atoms with Crippen LogP contribution in [-0.2, 0) is 4.74 Å². The smallest absolute Gasteiger partial charge is 0.358 e. The van der Waals surface area contributed by atoms with Gasteiger partial charge in [-0.3, -0.25) is 4.98 Å². The van der Waals surface area contributed by atoms with Gasteiger partial charge in [0.2, 0.25) is 0 Å². The molecular formula is C12H17N3O2. The summed E-state index contributed by atoms with van der Waals surface area (Å²) in [6.07, 6.45) is 6.87. The fourth-order valence-electron chi connectivity index (χ4n) is 1.93. The molecule has 0 amide bonds. The predicted octanol–water partition coefficient (Wildman–Crippen LogP) is 1.86. The minimum atomic E-state index is -0.461. The van der Waals surface area contributed by atoms with Crippen LogP contribution in [0.2, 0.25) is 0 Å². The van der Waals surface area contributed by atoms with Crippen LogP contribution >= 0.6 is 0 Å². The molecule has 0 saturated heterocycles. The first-order valence-corrected chi connectivity index (χ1v) is 5.87. The van der Waals surface area contributed by atoms with Crippen LogP contribution in [0.3, 0.4) is 0 Å². The number of anilines is 1. The number of nitrogens with one attached hydrogen (secondary N) is 1. The highest BCUT2D eigenvalue weighted by atomic mass is 16.5. The van der Waals surface area contributed by atoms with Crippen LogP contribution in [0.15, 0.2) is 12.4 Å². The van der Waals surface area contributed by atoms with Crippen molar-refractivity contribution in [2.24, 2.45) is 5.92 Å². The second-order valence-corrected chi connectivity index (χ2v) is 4.41. The molecule has 1 aromatic rings. The van der Waals surface area contributed by atoms with E-state index >= 15 is 0 Å². The summed E-state index contributed by atoms with van der Waals surface area (Å²) >= 11 is 0. The molecule has 5 nitrogen and oxygen atoms in total. The first-order valence-electron chi connectivity index (χ1n) is 5.87. The van der Waals surface area contributed by atoms with Crippen molar-refractivity contribution in [1.29, 1.82) is 0 Å². The van der Waals surface area contributed by atoms with Crippen LogP contribution in [0.5, 0.6) is 0 Å². The number of carbonyl (C=O) groups excluding carboxylic acids is 1. The van der Waals surface area contributed by atoms with Gasteiger partial charge >= 0.3 is 5.97 Å². The minimum absolute atomic E-state index is 0.235. The van der Waals surface area contributed by atoms with Gasteiger partial charge < -0.3 is 10.1 Å². The molecule has 1 aromatic heterocycles. The summed E-state index contributed by atoms with van der Waals surface area (Å²) in [4.78, 5) is 19.5. The summed E-state index contributed by atoms with van der Waals surface area (Å²) in [6, 6.07) is 0.367. The van der Waals surface area contributed by atoms with Gasteiger partial charge in [-0.25, -0.2) is 9.78 Å². The van der Waals surface area contributed by atoms with Crippen molar-refractivity contribution in [3.63, 3.8) is 0 Å². The van der Waals surface area contributed by atoms with Crippen LogP contribution in [-0.4, -0.2) is 29.1 Å². The van der Waals surface area contributed by atoms with Gasteiger partial charge in [0.1, 0.15) is 5.82 Å². The summed E-state index contributed by atoms with van der Waals surface area (Å²) < 4.78 is 4.61. The third-order valence-electron chi connectivity index (χ3n) is 3.26. The highest BCUT2D eigenvalue weighted by Gasteiger charge is 2.24. The molecule has 1 N–H and O–H groups in total. The third-order valence-corrected chi connectivity index (χ3v) is 3.26. The van der Waals surface area contributed by atoms with Crippen LogP contribution in [0.4, 0.5) is 5.82 Å². The number of aromatic nitrogens is 2. The Morgan fingerprint density at radius 1 is 1.53 bits per heavy atom. The zero-order valence-electron chi connectivity index (χ0n) is 10.1. The van der Waals surface area contributed by atoms with E-state index in [1.165, 1.54) is 32.6 Å². The molecule has 1 unspecified atom stereocenters. The van der Waals surface area contributed by atoms with Crippen molar-refractivity contribution in [1.82, 2.24) is 9.97 Å². The van der Waals surface area contributed by atoms with Gasteiger partial charge in [-0.2, -0.15) is 0 Å². The molecule has 1 heterocycles. The molecule has 1 aliphatic carbocycles. The number of esters is 1. The summed E-state index contributed by atoms with van der Waals surface area (Å²) in [5, 5.41) is 3.28. The predicted molar refractivity (Wildman–Crippen MR) is 63.8 cm³/mol. The normalized spacial score (nSPS) is 17.1. The van der Waals surface area contributed by atoms with Crippen LogP contribution < -0.4 is 5.32 Å². The Hall–Kier alpha value is -1.65. The number of nitrogens with zero attached hydrogens (tertiary/aromatic N) is 2. The minimum Gasteiger partial charge on any atom is -0.464 e. The molecule has 0 bridgehead atoms. The van der Waals surface area contributed by atoms with E-state index in [0.29, 0.717) is 17.8 Å². The molecule has 2 rings (SSSR count). The monoisotopic (exact) mass is 235 g/mol. The largest absolute Gasteiger partial charge is 0.464 e. The summed E-state index contributed by atoms with van der Waals surface area (Å²) in [6.45, 7) is 2.14. The average Bonchev–Trinajstić information content (AvgIpc) is 2.26. The number of ether oxygens (including phenoxy) is 1. The Labute approximate surface area is 101 Å². The maximum absolute atomic E-state index is 11.3. The lowest BCUT2D eigenvalue weighted by atomic mass is 9.80. The first-order chi connectivity index (χ1) is 8.20. The highest BCUT2D eigenvalue weighted by molar-refractivity contribution is 5.87. The van der Waals surface area contributed by atoms with Gasteiger partial charge in [0.25, 0.3) is 0 Å². The van der Waals surface area contributed by atoms with Gasteiger partial charge in [-0.1, -0.05) is 6.42 Å². The Balaban J connectivity index is 2.02. The Bertz CT molecular complexity index is 404. The van der Waals surface area contributed by atoms with Crippen LogP contribution in [0, 0.1) is 5.92 Å². The van der Waals surface area contributed by atoms with Gasteiger partial charge in [0, 0.05) is 6.04 Å². The van der Waals surface area contributed by atoms with E-state index in [1.807, 2.05) is 0 Å². The summed E-state index contributed by atoms with van der Waals surface area (Å²) in [7, 11) is 1.33. The van der Waals surface area contributed by atoms with Crippen molar-refractivity contribution in [3.8, 4) is 0 Å². The fraction of sp³-hybridized carbons (Fsp3) is 0.583.